The Morgan fingerprint density at radius 2 is 2.07 bits per heavy atom. The van der Waals surface area contributed by atoms with Crippen LogP contribution in [0.3, 0.4) is 0 Å². The number of aromatic nitrogens is 3. The number of halogens is 1. The molecule has 9 heteroatoms. The second kappa shape index (κ2) is 14.6. The summed E-state index contributed by atoms with van der Waals surface area (Å²) in [5.74, 6) is 1.90. The molecular weight excluding hydrogens is 499 g/mol. The fraction of sp³-hybridized carbons (Fsp3) is 0.550. The van der Waals surface area contributed by atoms with Crippen molar-refractivity contribution >= 4 is 41.7 Å². The van der Waals surface area contributed by atoms with Gasteiger partial charge in [0.25, 0.3) is 0 Å². The highest BCUT2D eigenvalue weighted by Gasteiger charge is 2.08. The molecule has 1 heterocycles. The molecule has 0 aliphatic rings. The first kappa shape index (κ1) is 25.7. The number of nitrogens with one attached hydrogen (secondary N) is 1. The Morgan fingerprint density at radius 3 is 2.72 bits per heavy atom. The Kier molecular flexibility index (Phi) is 13.0. The Bertz CT molecular complexity index is 722. The van der Waals surface area contributed by atoms with Crippen LogP contribution in [-0.4, -0.2) is 65.7 Å². The van der Waals surface area contributed by atoms with E-state index in [1.807, 2.05) is 0 Å². The molecule has 0 radical (unpaired) electrons. The van der Waals surface area contributed by atoms with Crippen molar-refractivity contribution in [2.75, 3.05) is 40.1 Å². The van der Waals surface area contributed by atoms with Crippen LogP contribution in [0.5, 0.6) is 0 Å². The predicted octanol–water partition coefficient (Wildman–Crippen LogP) is 3.29. The molecule has 0 aliphatic carbocycles. The quantitative estimate of drug-likeness (QED) is 0.158. The molecule has 0 unspecified atom stereocenters. The summed E-state index contributed by atoms with van der Waals surface area (Å²) in [5, 5.41) is 11.6. The monoisotopic (exact) mass is 532 g/mol. The Balaban J connectivity index is 0.00000420. The minimum atomic E-state index is 0. The molecule has 0 atom stereocenters. The molecule has 0 spiro atoms. The van der Waals surface area contributed by atoms with Gasteiger partial charge in [0.2, 0.25) is 0 Å². The van der Waals surface area contributed by atoms with E-state index in [9.17, 15) is 0 Å². The van der Waals surface area contributed by atoms with Crippen molar-refractivity contribution in [2.24, 2.45) is 4.99 Å². The summed E-state index contributed by atoms with van der Waals surface area (Å²) in [6.07, 6.45) is 5.66. The lowest BCUT2D eigenvalue weighted by atomic mass is 10.2. The molecule has 0 bridgehead atoms. The van der Waals surface area contributed by atoms with Gasteiger partial charge in [-0.3, -0.25) is 4.99 Å². The van der Waals surface area contributed by atoms with Gasteiger partial charge in [-0.25, -0.2) is 0 Å². The van der Waals surface area contributed by atoms with Gasteiger partial charge in [-0.2, -0.15) is 0 Å². The van der Waals surface area contributed by atoms with Gasteiger partial charge in [0.05, 0.1) is 0 Å². The van der Waals surface area contributed by atoms with E-state index >= 15 is 0 Å². The van der Waals surface area contributed by atoms with Crippen LogP contribution in [0.15, 0.2) is 40.5 Å². The zero-order valence-corrected chi connectivity index (χ0v) is 20.9. The molecule has 0 fully saturated rings. The molecule has 1 aromatic carbocycles. The summed E-state index contributed by atoms with van der Waals surface area (Å²) in [7, 11) is 3.79. The summed E-state index contributed by atoms with van der Waals surface area (Å²) in [6.45, 7) is 5.92. The average molecular weight is 532 g/mol. The first-order valence-electron chi connectivity index (χ1n) is 9.66. The molecule has 1 N–H and O–H groups in total. The van der Waals surface area contributed by atoms with Crippen LogP contribution in [0.1, 0.15) is 24.7 Å². The molecule has 2 rings (SSSR count). The van der Waals surface area contributed by atoms with Crippen LogP contribution < -0.4 is 5.32 Å². The molecular formula is C20H33IN6OS. The Labute approximate surface area is 195 Å². The van der Waals surface area contributed by atoms with Crippen LogP contribution in [0.2, 0.25) is 0 Å². The predicted molar refractivity (Wildman–Crippen MR) is 131 cm³/mol. The maximum Gasteiger partial charge on any atom is 0.194 e. The third-order valence-electron chi connectivity index (χ3n) is 4.36. The maximum atomic E-state index is 5.13. The highest BCUT2D eigenvalue weighted by atomic mass is 127. The van der Waals surface area contributed by atoms with Crippen LogP contribution in [0.4, 0.5) is 0 Å². The van der Waals surface area contributed by atoms with E-state index in [-0.39, 0.29) is 24.0 Å². The summed E-state index contributed by atoms with van der Waals surface area (Å²) in [6, 6.07) is 8.68. The number of thioether (sulfide) groups is 1. The van der Waals surface area contributed by atoms with Crippen molar-refractivity contribution < 1.29 is 4.74 Å². The lowest BCUT2D eigenvalue weighted by Gasteiger charge is -2.23. The number of methoxy groups -OCH3 is 1. The molecule has 7 nitrogen and oxygen atoms in total. The van der Waals surface area contributed by atoms with Crippen LogP contribution in [-0.2, 0) is 24.2 Å². The van der Waals surface area contributed by atoms with E-state index in [0.717, 1.165) is 57.4 Å². The summed E-state index contributed by atoms with van der Waals surface area (Å²) >= 11 is 1.76. The number of ether oxygens (including phenoxy) is 1. The fourth-order valence-corrected chi connectivity index (χ4v) is 3.22. The lowest BCUT2D eigenvalue weighted by molar-refractivity contribution is 0.197. The van der Waals surface area contributed by atoms with Gasteiger partial charge in [0.1, 0.15) is 12.2 Å². The van der Waals surface area contributed by atoms with Gasteiger partial charge in [-0.15, -0.1) is 45.9 Å². The van der Waals surface area contributed by atoms with E-state index < -0.39 is 0 Å². The van der Waals surface area contributed by atoms with Crippen molar-refractivity contribution in [3.05, 3.63) is 42.0 Å². The normalized spacial score (nSPS) is 11.2. The number of aliphatic imine (C=N–C) groups is 1. The van der Waals surface area contributed by atoms with Crippen molar-refractivity contribution in [3.8, 4) is 0 Å². The number of nitrogens with zero attached hydrogens (tertiary/aromatic N) is 5. The number of guanidine groups is 1. The van der Waals surface area contributed by atoms with Crippen LogP contribution >= 0.6 is 35.7 Å². The average Bonchev–Trinajstić information content (AvgIpc) is 3.17. The highest BCUT2D eigenvalue weighted by molar-refractivity contribution is 14.0. The first-order chi connectivity index (χ1) is 13.7. The standard InChI is InChI=1S/C20H32N6OS.HI/c1-5-19-24-23-16-26(19)13-12-22-20(21-11-6-14-27-3)25(2)15-17-7-9-18(28-4)10-8-17;/h7-10,16H,5-6,11-15H2,1-4H3,(H,21,22);1H. The number of rotatable bonds is 11. The number of benzene rings is 1. The smallest absolute Gasteiger partial charge is 0.194 e. The Morgan fingerprint density at radius 1 is 1.31 bits per heavy atom. The molecule has 0 saturated heterocycles. The first-order valence-corrected chi connectivity index (χ1v) is 10.9. The lowest BCUT2D eigenvalue weighted by Crippen LogP contribution is -2.40. The van der Waals surface area contributed by atoms with Gasteiger partial charge in [-0.1, -0.05) is 19.1 Å². The number of aryl methyl sites for hydroxylation is 1. The number of hydrogen-bond acceptors (Lipinski definition) is 5. The van der Waals surface area contributed by atoms with E-state index in [4.69, 9.17) is 9.73 Å². The minimum absolute atomic E-state index is 0. The van der Waals surface area contributed by atoms with Crippen molar-refractivity contribution in [1.82, 2.24) is 25.0 Å². The molecule has 162 valence electrons. The second-order valence-electron chi connectivity index (χ2n) is 6.48. The molecule has 2 aromatic rings. The molecule has 0 amide bonds. The van der Waals surface area contributed by atoms with Crippen molar-refractivity contribution in [2.45, 2.75) is 37.8 Å². The molecule has 1 aromatic heterocycles. The zero-order chi connectivity index (χ0) is 20.2. The van der Waals surface area contributed by atoms with Crippen molar-refractivity contribution in [1.29, 1.82) is 0 Å². The molecule has 0 saturated carbocycles. The maximum absolute atomic E-state index is 5.13. The fourth-order valence-electron chi connectivity index (χ4n) is 2.81. The SMILES string of the molecule is CCc1nncn1CCNC(=NCCCOC)N(C)Cc1ccc(SC)cc1.I. The molecule has 0 aliphatic heterocycles. The topological polar surface area (TPSA) is 67.6 Å². The van der Waals surface area contributed by atoms with Gasteiger partial charge in [0, 0.05) is 58.3 Å². The largest absolute Gasteiger partial charge is 0.385 e. The third-order valence-corrected chi connectivity index (χ3v) is 5.10. The summed E-state index contributed by atoms with van der Waals surface area (Å²) in [4.78, 5) is 8.20. The third kappa shape index (κ3) is 8.91. The van der Waals surface area contributed by atoms with Gasteiger partial charge in [-0.05, 0) is 30.4 Å². The second-order valence-corrected chi connectivity index (χ2v) is 7.36. The Hall–Kier alpha value is -1.33. The van der Waals surface area contributed by atoms with Gasteiger partial charge in [0.15, 0.2) is 5.96 Å². The van der Waals surface area contributed by atoms with Crippen LogP contribution in [0, 0.1) is 0 Å². The minimum Gasteiger partial charge on any atom is -0.385 e. The van der Waals surface area contributed by atoms with Crippen LogP contribution in [0.25, 0.3) is 0 Å². The van der Waals surface area contributed by atoms with E-state index in [1.54, 1.807) is 25.2 Å². The van der Waals surface area contributed by atoms with Gasteiger partial charge < -0.3 is 19.5 Å². The van der Waals surface area contributed by atoms with E-state index in [1.165, 1.54) is 10.5 Å². The summed E-state index contributed by atoms with van der Waals surface area (Å²) < 4.78 is 7.21. The molecule has 29 heavy (non-hydrogen) atoms. The highest BCUT2D eigenvalue weighted by Crippen LogP contribution is 2.15. The van der Waals surface area contributed by atoms with Gasteiger partial charge >= 0.3 is 0 Å². The van der Waals surface area contributed by atoms with E-state index in [2.05, 4.69) is 69.5 Å². The number of hydrogen-bond donors (Lipinski definition) is 1. The summed E-state index contributed by atoms with van der Waals surface area (Å²) in [5.41, 5.74) is 1.26. The van der Waals surface area contributed by atoms with Crippen molar-refractivity contribution in [3.63, 3.8) is 0 Å². The van der Waals surface area contributed by atoms with E-state index in [0.29, 0.717) is 0 Å². The zero-order valence-electron chi connectivity index (χ0n) is 17.8.